The number of nitrogens with zero attached hydrogens (tertiary/aromatic N) is 2. The van der Waals surface area contributed by atoms with Gasteiger partial charge < -0.3 is 5.32 Å². The average molecular weight is 405 g/mol. The molecule has 4 rings (SSSR count). The molecule has 0 radical (unpaired) electrons. The van der Waals surface area contributed by atoms with Crippen molar-refractivity contribution in [2.75, 3.05) is 5.32 Å². The van der Waals surface area contributed by atoms with Crippen molar-refractivity contribution in [1.29, 1.82) is 0 Å². The Labute approximate surface area is 174 Å². The lowest BCUT2D eigenvalue weighted by atomic mass is 10.0. The summed E-state index contributed by atoms with van der Waals surface area (Å²) in [6.07, 6.45) is 3.38. The quantitative estimate of drug-likeness (QED) is 0.604. The van der Waals surface area contributed by atoms with Crippen LogP contribution in [0, 0.1) is 19.7 Å². The number of Topliss-reactive ketones (excluding diaryl/α,β-unsaturated/α-hetero) is 1. The molecule has 0 atom stereocenters. The number of carbonyl (C=O) groups is 2. The second-order valence-corrected chi connectivity index (χ2v) is 7.81. The first-order valence-corrected chi connectivity index (χ1v) is 10.2. The maximum absolute atomic E-state index is 14.6. The molecule has 0 unspecified atom stereocenters. The van der Waals surface area contributed by atoms with E-state index in [0.717, 1.165) is 30.7 Å². The number of aromatic nitrogens is 2. The number of halogens is 1. The predicted molar refractivity (Wildman–Crippen MR) is 114 cm³/mol. The minimum Gasteiger partial charge on any atom is -0.326 e. The van der Waals surface area contributed by atoms with Gasteiger partial charge in [-0.05, 0) is 74.6 Å². The summed E-state index contributed by atoms with van der Waals surface area (Å²) in [5.74, 6) is -0.845. The Morgan fingerprint density at radius 3 is 2.57 bits per heavy atom. The lowest BCUT2D eigenvalue weighted by Crippen LogP contribution is -2.14. The number of carbonyl (C=O) groups excluding carboxylic acids is 2. The van der Waals surface area contributed by atoms with Gasteiger partial charge in [0, 0.05) is 29.8 Å². The van der Waals surface area contributed by atoms with Gasteiger partial charge in [0.1, 0.15) is 5.69 Å². The van der Waals surface area contributed by atoms with Crippen molar-refractivity contribution in [1.82, 2.24) is 9.78 Å². The average Bonchev–Trinajstić information content (AvgIpc) is 3.31. The molecule has 0 saturated heterocycles. The molecule has 2 aromatic carbocycles. The van der Waals surface area contributed by atoms with Crippen LogP contribution in [0.15, 0.2) is 42.5 Å². The molecule has 154 valence electrons. The van der Waals surface area contributed by atoms with Gasteiger partial charge in [-0.2, -0.15) is 5.10 Å². The number of nitrogens with one attached hydrogen (secondary N) is 1. The molecule has 3 aromatic rings. The van der Waals surface area contributed by atoms with E-state index in [1.54, 1.807) is 12.1 Å². The summed E-state index contributed by atoms with van der Waals surface area (Å²) in [4.78, 5) is 24.7. The summed E-state index contributed by atoms with van der Waals surface area (Å²) in [7, 11) is 0. The normalized spacial score (nSPS) is 12.6. The highest BCUT2D eigenvalue weighted by Gasteiger charge is 2.16. The summed E-state index contributed by atoms with van der Waals surface area (Å²) in [5.41, 5.74) is 5.52. The standard InChI is InChI=1S/C24H24FN3O2/c1-15-12-16(2)28(27-15)22-9-8-20(14-21(22)25)26-24(30)11-10-23(29)19-7-6-17-4-3-5-18(17)13-19/h6-9,12-14H,3-5,10-11H2,1-2H3,(H,26,30). The highest BCUT2D eigenvalue weighted by molar-refractivity contribution is 6.00. The van der Waals surface area contributed by atoms with Crippen LogP contribution in [0.2, 0.25) is 0 Å². The summed E-state index contributed by atoms with van der Waals surface area (Å²) in [6.45, 7) is 3.70. The lowest BCUT2D eigenvalue weighted by molar-refractivity contribution is -0.116. The molecule has 0 spiro atoms. The molecule has 6 heteroatoms. The Hall–Kier alpha value is -3.28. The molecule has 1 N–H and O–H groups in total. The number of rotatable bonds is 6. The zero-order chi connectivity index (χ0) is 21.3. The van der Waals surface area contributed by atoms with Gasteiger partial charge in [0.05, 0.1) is 5.69 Å². The third-order valence-electron chi connectivity index (χ3n) is 5.47. The fourth-order valence-electron chi connectivity index (χ4n) is 3.97. The van der Waals surface area contributed by atoms with E-state index >= 15 is 0 Å². The van der Waals surface area contributed by atoms with E-state index in [1.807, 2.05) is 38.1 Å². The van der Waals surface area contributed by atoms with Crippen LogP contribution < -0.4 is 5.32 Å². The van der Waals surface area contributed by atoms with Crippen LogP contribution in [0.3, 0.4) is 0 Å². The second-order valence-electron chi connectivity index (χ2n) is 7.81. The number of anilines is 1. The molecule has 0 bridgehead atoms. The van der Waals surface area contributed by atoms with Gasteiger partial charge in [-0.1, -0.05) is 12.1 Å². The van der Waals surface area contributed by atoms with Gasteiger partial charge >= 0.3 is 0 Å². The monoisotopic (exact) mass is 405 g/mol. The van der Waals surface area contributed by atoms with Crippen LogP contribution >= 0.6 is 0 Å². The van der Waals surface area contributed by atoms with Gasteiger partial charge in [0.2, 0.25) is 5.91 Å². The van der Waals surface area contributed by atoms with E-state index < -0.39 is 5.82 Å². The van der Waals surface area contributed by atoms with E-state index in [9.17, 15) is 14.0 Å². The van der Waals surface area contributed by atoms with Crippen molar-refractivity contribution in [3.05, 3.63) is 76.4 Å². The number of fused-ring (bicyclic) bond motifs is 1. The van der Waals surface area contributed by atoms with Crippen molar-refractivity contribution in [3.8, 4) is 5.69 Å². The number of amides is 1. The lowest BCUT2D eigenvalue weighted by Gasteiger charge is -2.09. The molecule has 0 fully saturated rings. The zero-order valence-corrected chi connectivity index (χ0v) is 17.2. The second kappa shape index (κ2) is 8.22. The Morgan fingerprint density at radius 2 is 1.83 bits per heavy atom. The predicted octanol–water partition coefficient (Wildman–Crippen LogP) is 4.72. The third kappa shape index (κ3) is 4.17. The molecule has 1 aromatic heterocycles. The fraction of sp³-hybridized carbons (Fsp3) is 0.292. The number of hydrogen-bond donors (Lipinski definition) is 1. The molecule has 0 saturated carbocycles. The van der Waals surface area contributed by atoms with E-state index in [4.69, 9.17) is 0 Å². The first kappa shape index (κ1) is 20.0. The molecule has 30 heavy (non-hydrogen) atoms. The van der Waals surface area contributed by atoms with Crippen LogP contribution in [-0.4, -0.2) is 21.5 Å². The van der Waals surface area contributed by atoms with Crippen LogP contribution in [-0.2, 0) is 17.6 Å². The van der Waals surface area contributed by atoms with E-state index in [1.165, 1.54) is 21.9 Å². The molecular formula is C24H24FN3O2. The number of benzene rings is 2. The summed E-state index contributed by atoms with van der Waals surface area (Å²) < 4.78 is 16.1. The topological polar surface area (TPSA) is 64.0 Å². The molecule has 1 aliphatic rings. The molecule has 1 heterocycles. The van der Waals surface area contributed by atoms with Crippen molar-refractivity contribution >= 4 is 17.4 Å². The summed E-state index contributed by atoms with van der Waals surface area (Å²) in [5, 5.41) is 6.95. The largest absolute Gasteiger partial charge is 0.326 e. The van der Waals surface area contributed by atoms with Crippen molar-refractivity contribution < 1.29 is 14.0 Å². The third-order valence-corrected chi connectivity index (χ3v) is 5.47. The Kier molecular flexibility index (Phi) is 5.48. The van der Waals surface area contributed by atoms with Crippen LogP contribution in [0.1, 0.15) is 52.1 Å². The fourth-order valence-corrected chi connectivity index (χ4v) is 3.97. The van der Waals surface area contributed by atoms with E-state index in [0.29, 0.717) is 16.9 Å². The highest BCUT2D eigenvalue weighted by Crippen LogP contribution is 2.24. The Morgan fingerprint density at radius 1 is 1.03 bits per heavy atom. The molecule has 1 amide bonds. The number of ketones is 1. The van der Waals surface area contributed by atoms with Crippen LogP contribution in [0.4, 0.5) is 10.1 Å². The first-order valence-electron chi connectivity index (χ1n) is 10.2. The minimum absolute atomic E-state index is 0.0501. The maximum atomic E-state index is 14.6. The zero-order valence-electron chi connectivity index (χ0n) is 17.2. The number of aryl methyl sites for hydroxylation is 4. The first-order chi connectivity index (χ1) is 14.4. The van der Waals surface area contributed by atoms with Gasteiger partial charge in [0.25, 0.3) is 0 Å². The number of hydrogen-bond acceptors (Lipinski definition) is 3. The van der Waals surface area contributed by atoms with Crippen molar-refractivity contribution in [3.63, 3.8) is 0 Å². The van der Waals surface area contributed by atoms with Gasteiger partial charge in [-0.15, -0.1) is 0 Å². The Balaban J connectivity index is 1.36. The van der Waals surface area contributed by atoms with E-state index in [-0.39, 0.29) is 24.5 Å². The molecular weight excluding hydrogens is 381 g/mol. The smallest absolute Gasteiger partial charge is 0.224 e. The van der Waals surface area contributed by atoms with E-state index in [2.05, 4.69) is 10.4 Å². The minimum atomic E-state index is -0.479. The molecule has 5 nitrogen and oxygen atoms in total. The molecule has 0 aliphatic heterocycles. The maximum Gasteiger partial charge on any atom is 0.224 e. The van der Waals surface area contributed by atoms with Crippen molar-refractivity contribution in [2.45, 2.75) is 46.0 Å². The van der Waals surface area contributed by atoms with Gasteiger partial charge in [-0.25, -0.2) is 9.07 Å². The van der Waals surface area contributed by atoms with Crippen molar-refractivity contribution in [2.24, 2.45) is 0 Å². The Bertz CT molecular complexity index is 1130. The van der Waals surface area contributed by atoms with Gasteiger partial charge in [0.15, 0.2) is 11.6 Å². The SMILES string of the molecule is Cc1cc(C)n(-c2ccc(NC(=O)CCC(=O)c3ccc4c(c3)CCC4)cc2F)n1. The summed E-state index contributed by atoms with van der Waals surface area (Å²) >= 11 is 0. The summed E-state index contributed by atoms with van der Waals surface area (Å²) in [6, 6.07) is 12.2. The van der Waals surface area contributed by atoms with Gasteiger partial charge in [-0.3, -0.25) is 9.59 Å². The highest BCUT2D eigenvalue weighted by atomic mass is 19.1. The van der Waals surface area contributed by atoms with Crippen LogP contribution in [0.25, 0.3) is 5.69 Å². The van der Waals surface area contributed by atoms with Crippen LogP contribution in [0.5, 0.6) is 0 Å². The molecule has 1 aliphatic carbocycles.